The maximum Gasteiger partial charge on any atom is 0.120 e. The molecule has 1 aromatic heterocycles. The van der Waals surface area contributed by atoms with Crippen LogP contribution >= 0.6 is 11.6 Å². The summed E-state index contributed by atoms with van der Waals surface area (Å²) in [6.07, 6.45) is -0.602. The summed E-state index contributed by atoms with van der Waals surface area (Å²) in [6, 6.07) is 11.2. The van der Waals surface area contributed by atoms with E-state index >= 15 is 0 Å². The van der Waals surface area contributed by atoms with Gasteiger partial charge in [0.1, 0.15) is 18.5 Å². The number of rotatable bonds is 6. The van der Waals surface area contributed by atoms with E-state index in [1.54, 1.807) is 12.1 Å². The Labute approximate surface area is 123 Å². The van der Waals surface area contributed by atoms with Crippen LogP contribution in [0.25, 0.3) is 0 Å². The fourth-order valence-corrected chi connectivity index (χ4v) is 2.10. The van der Waals surface area contributed by atoms with Crippen molar-refractivity contribution in [3.63, 3.8) is 0 Å². The minimum Gasteiger partial charge on any atom is -0.491 e. The van der Waals surface area contributed by atoms with Crippen LogP contribution < -0.4 is 10.2 Å². The van der Waals surface area contributed by atoms with Crippen LogP contribution in [0, 0.1) is 13.8 Å². The molecule has 4 nitrogen and oxygen atoms in total. The number of hydrogen-bond donors (Lipinski definition) is 2. The van der Waals surface area contributed by atoms with E-state index in [2.05, 4.69) is 5.43 Å². The quantitative estimate of drug-likeness (QED) is 0.861. The first-order valence-electron chi connectivity index (χ1n) is 6.51. The fraction of sp³-hybridized carbons (Fsp3) is 0.333. The van der Waals surface area contributed by atoms with Crippen LogP contribution in [0.1, 0.15) is 11.4 Å². The highest BCUT2D eigenvalue weighted by Crippen LogP contribution is 2.17. The smallest absolute Gasteiger partial charge is 0.120 e. The van der Waals surface area contributed by atoms with Crippen molar-refractivity contribution in [2.45, 2.75) is 20.0 Å². The van der Waals surface area contributed by atoms with Crippen LogP contribution in [0.5, 0.6) is 5.75 Å². The highest BCUT2D eigenvalue weighted by Gasteiger charge is 2.07. The second-order valence-electron chi connectivity index (χ2n) is 4.74. The van der Waals surface area contributed by atoms with Crippen LogP contribution in [-0.4, -0.2) is 29.0 Å². The van der Waals surface area contributed by atoms with E-state index in [0.29, 0.717) is 17.3 Å². The molecule has 0 bridgehead atoms. The van der Waals surface area contributed by atoms with Gasteiger partial charge in [-0.15, -0.1) is 0 Å². The molecule has 108 valence electrons. The van der Waals surface area contributed by atoms with Crippen molar-refractivity contribution in [3.05, 3.63) is 52.8 Å². The van der Waals surface area contributed by atoms with Gasteiger partial charge in [0, 0.05) is 16.4 Å². The largest absolute Gasteiger partial charge is 0.491 e. The molecule has 1 unspecified atom stereocenters. The summed E-state index contributed by atoms with van der Waals surface area (Å²) >= 11 is 5.87. The molecule has 1 atom stereocenters. The van der Waals surface area contributed by atoms with Crippen molar-refractivity contribution in [2.75, 3.05) is 18.6 Å². The number of aryl methyl sites for hydroxylation is 2. The van der Waals surface area contributed by atoms with Gasteiger partial charge < -0.3 is 15.3 Å². The third-order valence-electron chi connectivity index (χ3n) is 2.99. The first kappa shape index (κ1) is 14.8. The normalized spacial score (nSPS) is 12.2. The third-order valence-corrected chi connectivity index (χ3v) is 3.23. The molecule has 0 fully saturated rings. The summed E-state index contributed by atoms with van der Waals surface area (Å²) in [4.78, 5) is 0. The van der Waals surface area contributed by atoms with Gasteiger partial charge in [-0.2, -0.15) is 0 Å². The molecule has 0 spiro atoms. The third kappa shape index (κ3) is 3.92. The predicted molar refractivity (Wildman–Crippen MR) is 81.1 cm³/mol. The molecule has 0 saturated heterocycles. The molecule has 1 heterocycles. The molecule has 0 saturated carbocycles. The van der Waals surface area contributed by atoms with Gasteiger partial charge in [-0.1, -0.05) is 17.7 Å². The average molecular weight is 295 g/mol. The Kier molecular flexibility index (Phi) is 4.93. The predicted octanol–water partition coefficient (Wildman–Crippen LogP) is 2.74. The number of aliphatic hydroxyl groups excluding tert-OH is 1. The summed E-state index contributed by atoms with van der Waals surface area (Å²) in [7, 11) is 0. The van der Waals surface area contributed by atoms with E-state index < -0.39 is 6.10 Å². The van der Waals surface area contributed by atoms with E-state index in [0.717, 1.165) is 11.4 Å². The second kappa shape index (κ2) is 6.68. The maximum atomic E-state index is 9.93. The van der Waals surface area contributed by atoms with Crippen LogP contribution in [0.3, 0.4) is 0 Å². The average Bonchev–Trinajstić information content (AvgIpc) is 2.74. The van der Waals surface area contributed by atoms with E-state index in [1.165, 1.54) is 0 Å². The lowest BCUT2D eigenvalue weighted by Crippen LogP contribution is -2.31. The summed E-state index contributed by atoms with van der Waals surface area (Å²) in [5, 5.41) is 10.5. The van der Waals surface area contributed by atoms with Gasteiger partial charge in [0.05, 0.1) is 6.54 Å². The molecule has 0 aliphatic heterocycles. The van der Waals surface area contributed by atoms with Gasteiger partial charge >= 0.3 is 0 Å². The van der Waals surface area contributed by atoms with Crippen molar-refractivity contribution < 1.29 is 9.84 Å². The fourth-order valence-electron chi connectivity index (χ4n) is 1.92. The Hall–Kier alpha value is -1.65. The van der Waals surface area contributed by atoms with Gasteiger partial charge in [0.15, 0.2) is 0 Å². The SMILES string of the molecule is Cc1ccc(C)n1NCC(O)COc1cccc(Cl)c1. The zero-order chi connectivity index (χ0) is 14.5. The zero-order valence-corrected chi connectivity index (χ0v) is 12.4. The van der Waals surface area contributed by atoms with Gasteiger partial charge in [-0.05, 0) is 44.2 Å². The van der Waals surface area contributed by atoms with E-state index in [4.69, 9.17) is 16.3 Å². The van der Waals surface area contributed by atoms with Gasteiger partial charge in [0.25, 0.3) is 0 Å². The first-order valence-corrected chi connectivity index (χ1v) is 6.89. The summed E-state index contributed by atoms with van der Waals surface area (Å²) < 4.78 is 7.44. The molecular weight excluding hydrogens is 276 g/mol. The maximum absolute atomic E-state index is 9.93. The topological polar surface area (TPSA) is 46.4 Å². The number of nitrogens with zero attached hydrogens (tertiary/aromatic N) is 1. The Bertz CT molecular complexity index is 549. The molecule has 2 aromatic rings. The summed E-state index contributed by atoms with van der Waals surface area (Å²) in [5.41, 5.74) is 5.37. The molecule has 0 aliphatic rings. The number of aromatic nitrogens is 1. The standard InChI is InChI=1S/C15H19ClN2O2/c1-11-6-7-12(2)18(11)17-9-14(19)10-20-15-5-3-4-13(16)8-15/h3-8,14,17,19H,9-10H2,1-2H3. The van der Waals surface area contributed by atoms with Crippen molar-refractivity contribution >= 4 is 11.6 Å². The molecule has 0 aliphatic carbocycles. The van der Waals surface area contributed by atoms with E-state index in [-0.39, 0.29) is 6.61 Å². The minimum absolute atomic E-state index is 0.215. The van der Waals surface area contributed by atoms with Crippen molar-refractivity contribution in [3.8, 4) is 5.75 Å². The Morgan fingerprint density at radius 2 is 1.95 bits per heavy atom. The number of hydrogen-bond acceptors (Lipinski definition) is 3. The molecule has 2 rings (SSSR count). The molecule has 2 N–H and O–H groups in total. The van der Waals surface area contributed by atoms with Crippen molar-refractivity contribution in [1.29, 1.82) is 0 Å². The number of halogens is 1. The first-order chi connectivity index (χ1) is 9.56. The number of ether oxygens (including phenoxy) is 1. The monoisotopic (exact) mass is 294 g/mol. The highest BCUT2D eigenvalue weighted by molar-refractivity contribution is 6.30. The Balaban J connectivity index is 1.80. The van der Waals surface area contributed by atoms with Crippen LogP contribution in [0.4, 0.5) is 0 Å². The Morgan fingerprint density at radius 1 is 1.25 bits per heavy atom. The minimum atomic E-state index is -0.602. The summed E-state index contributed by atoms with van der Waals surface area (Å²) in [6.45, 7) is 4.65. The van der Waals surface area contributed by atoms with Crippen molar-refractivity contribution in [2.24, 2.45) is 0 Å². The lowest BCUT2D eigenvalue weighted by molar-refractivity contribution is 0.115. The molecule has 5 heteroatoms. The Morgan fingerprint density at radius 3 is 2.60 bits per heavy atom. The molecular formula is C15H19ClN2O2. The van der Waals surface area contributed by atoms with Gasteiger partial charge in [-0.25, -0.2) is 0 Å². The number of benzene rings is 1. The summed E-state index contributed by atoms with van der Waals surface area (Å²) in [5.74, 6) is 0.657. The van der Waals surface area contributed by atoms with E-state index in [1.807, 2.05) is 42.8 Å². The van der Waals surface area contributed by atoms with Crippen LogP contribution in [-0.2, 0) is 0 Å². The molecule has 1 aromatic carbocycles. The highest BCUT2D eigenvalue weighted by atomic mass is 35.5. The van der Waals surface area contributed by atoms with E-state index in [9.17, 15) is 5.11 Å². The molecule has 0 radical (unpaired) electrons. The molecule has 20 heavy (non-hydrogen) atoms. The van der Waals surface area contributed by atoms with Crippen LogP contribution in [0.2, 0.25) is 5.02 Å². The van der Waals surface area contributed by atoms with Gasteiger partial charge in [0.2, 0.25) is 0 Å². The zero-order valence-electron chi connectivity index (χ0n) is 11.6. The second-order valence-corrected chi connectivity index (χ2v) is 5.17. The lowest BCUT2D eigenvalue weighted by atomic mass is 10.3. The van der Waals surface area contributed by atoms with Gasteiger partial charge in [-0.3, -0.25) is 4.68 Å². The number of aliphatic hydroxyl groups is 1. The number of nitrogens with one attached hydrogen (secondary N) is 1. The lowest BCUT2D eigenvalue weighted by Gasteiger charge is -2.17. The van der Waals surface area contributed by atoms with Crippen LogP contribution in [0.15, 0.2) is 36.4 Å². The van der Waals surface area contributed by atoms with Crippen molar-refractivity contribution in [1.82, 2.24) is 4.68 Å². The molecule has 0 amide bonds.